The first kappa shape index (κ1) is 12.6. The quantitative estimate of drug-likeness (QED) is 0.817. The first-order valence-corrected chi connectivity index (χ1v) is 6.31. The van der Waals surface area contributed by atoms with E-state index in [9.17, 15) is 0 Å². The maximum Gasteiger partial charge on any atom is 0.135 e. The molecule has 0 aliphatic rings. The third kappa shape index (κ3) is 3.09. The van der Waals surface area contributed by atoms with Gasteiger partial charge in [-0.15, -0.1) is 0 Å². The van der Waals surface area contributed by atoms with Gasteiger partial charge in [0.2, 0.25) is 0 Å². The lowest BCUT2D eigenvalue weighted by Gasteiger charge is -2.09. The van der Waals surface area contributed by atoms with Crippen LogP contribution in [0.4, 0.5) is 11.5 Å². The van der Waals surface area contributed by atoms with Crippen LogP contribution in [0.2, 0.25) is 10.2 Å². The number of anilines is 2. The number of hydrogen-bond acceptors (Lipinski definition) is 3. The van der Waals surface area contributed by atoms with Crippen molar-refractivity contribution in [2.24, 2.45) is 0 Å². The second-order valence-electron chi connectivity index (χ2n) is 3.43. The van der Waals surface area contributed by atoms with Gasteiger partial charge in [-0.3, -0.25) is 0 Å². The molecule has 17 heavy (non-hydrogen) atoms. The molecule has 0 aliphatic heterocycles. The van der Waals surface area contributed by atoms with Crippen molar-refractivity contribution in [1.29, 1.82) is 0 Å². The molecular weight excluding hydrogens is 325 g/mol. The van der Waals surface area contributed by atoms with Crippen LogP contribution in [-0.4, -0.2) is 9.97 Å². The highest BCUT2D eigenvalue weighted by atomic mass is 79.9. The van der Waals surface area contributed by atoms with Crippen LogP contribution in [0.25, 0.3) is 0 Å². The van der Waals surface area contributed by atoms with Crippen molar-refractivity contribution < 1.29 is 0 Å². The average Bonchev–Trinajstić information content (AvgIpc) is 2.26. The maximum absolute atomic E-state index is 6.06. The summed E-state index contributed by atoms with van der Waals surface area (Å²) in [6.07, 6.45) is 1.40. The van der Waals surface area contributed by atoms with Crippen LogP contribution >= 0.6 is 39.1 Å². The van der Waals surface area contributed by atoms with Gasteiger partial charge in [-0.2, -0.15) is 0 Å². The van der Waals surface area contributed by atoms with Gasteiger partial charge in [0.15, 0.2) is 0 Å². The molecule has 0 saturated heterocycles. The van der Waals surface area contributed by atoms with E-state index in [2.05, 4.69) is 31.2 Å². The Kier molecular flexibility index (Phi) is 3.86. The van der Waals surface area contributed by atoms with Gasteiger partial charge in [-0.1, -0.05) is 23.2 Å². The van der Waals surface area contributed by atoms with E-state index in [1.165, 1.54) is 6.33 Å². The Bertz CT molecular complexity index is 560. The minimum Gasteiger partial charge on any atom is -0.339 e. The number of halogens is 3. The van der Waals surface area contributed by atoms with Crippen molar-refractivity contribution in [1.82, 2.24) is 9.97 Å². The van der Waals surface area contributed by atoms with Gasteiger partial charge in [0.05, 0.1) is 5.69 Å². The van der Waals surface area contributed by atoms with Crippen LogP contribution in [0.1, 0.15) is 5.56 Å². The third-order valence-corrected chi connectivity index (χ3v) is 3.41. The zero-order valence-electron chi connectivity index (χ0n) is 8.84. The lowest BCUT2D eigenvalue weighted by Crippen LogP contribution is -1.95. The Balaban J connectivity index is 2.33. The molecule has 0 fully saturated rings. The minimum atomic E-state index is 0.386. The Morgan fingerprint density at radius 3 is 2.65 bits per heavy atom. The lowest BCUT2D eigenvalue weighted by atomic mass is 10.2. The molecule has 0 saturated carbocycles. The first-order valence-electron chi connectivity index (χ1n) is 4.76. The van der Waals surface area contributed by atoms with Crippen molar-refractivity contribution in [2.75, 3.05) is 5.32 Å². The van der Waals surface area contributed by atoms with Gasteiger partial charge in [-0.05, 0) is 40.5 Å². The number of rotatable bonds is 2. The molecule has 1 aromatic heterocycles. The van der Waals surface area contributed by atoms with Gasteiger partial charge < -0.3 is 5.32 Å². The van der Waals surface area contributed by atoms with E-state index >= 15 is 0 Å². The smallest absolute Gasteiger partial charge is 0.135 e. The average molecular weight is 333 g/mol. The van der Waals surface area contributed by atoms with Crippen LogP contribution in [-0.2, 0) is 0 Å². The van der Waals surface area contributed by atoms with Gasteiger partial charge in [0.25, 0.3) is 0 Å². The molecule has 0 unspecified atom stereocenters. The summed E-state index contributed by atoms with van der Waals surface area (Å²) in [5, 5.41) is 4.19. The summed E-state index contributed by atoms with van der Waals surface area (Å²) in [5.74, 6) is 0.616. The van der Waals surface area contributed by atoms with Gasteiger partial charge in [0, 0.05) is 15.6 Å². The Morgan fingerprint density at radius 2 is 1.94 bits per heavy atom. The number of aryl methyl sites for hydroxylation is 1. The predicted molar refractivity (Wildman–Crippen MR) is 74.2 cm³/mol. The Hall–Kier alpha value is -0.840. The van der Waals surface area contributed by atoms with Crippen molar-refractivity contribution in [3.8, 4) is 0 Å². The van der Waals surface area contributed by atoms with Crippen LogP contribution in [0, 0.1) is 6.92 Å². The molecule has 1 heterocycles. The molecular formula is C11H8BrCl2N3. The molecule has 1 aromatic carbocycles. The van der Waals surface area contributed by atoms with Gasteiger partial charge >= 0.3 is 0 Å². The van der Waals surface area contributed by atoms with E-state index < -0.39 is 0 Å². The third-order valence-electron chi connectivity index (χ3n) is 2.14. The summed E-state index contributed by atoms with van der Waals surface area (Å²) in [4.78, 5) is 7.87. The van der Waals surface area contributed by atoms with E-state index in [4.69, 9.17) is 23.2 Å². The summed E-state index contributed by atoms with van der Waals surface area (Å²) < 4.78 is 0.911. The number of benzene rings is 1. The second kappa shape index (κ2) is 5.21. The fraction of sp³-hybridized carbons (Fsp3) is 0.0909. The monoisotopic (exact) mass is 331 g/mol. The second-order valence-corrected chi connectivity index (χ2v) is 5.08. The van der Waals surface area contributed by atoms with E-state index in [-0.39, 0.29) is 0 Å². The molecule has 1 N–H and O–H groups in total. The highest BCUT2D eigenvalue weighted by Crippen LogP contribution is 2.31. The summed E-state index contributed by atoms with van der Waals surface area (Å²) in [7, 11) is 0. The molecule has 2 rings (SSSR count). The zero-order chi connectivity index (χ0) is 12.4. The van der Waals surface area contributed by atoms with E-state index in [1.54, 1.807) is 6.07 Å². The van der Waals surface area contributed by atoms with Crippen molar-refractivity contribution in [3.63, 3.8) is 0 Å². The fourth-order valence-electron chi connectivity index (χ4n) is 1.28. The molecule has 88 valence electrons. The topological polar surface area (TPSA) is 37.8 Å². The summed E-state index contributed by atoms with van der Waals surface area (Å²) in [6, 6.07) is 5.41. The lowest BCUT2D eigenvalue weighted by molar-refractivity contribution is 1.17. The highest BCUT2D eigenvalue weighted by molar-refractivity contribution is 9.10. The molecule has 0 atom stereocenters. The molecule has 6 heteroatoms. The van der Waals surface area contributed by atoms with Crippen LogP contribution in [0.5, 0.6) is 0 Å². The van der Waals surface area contributed by atoms with Crippen molar-refractivity contribution in [3.05, 3.63) is 44.7 Å². The van der Waals surface area contributed by atoms with E-state index in [0.717, 1.165) is 15.7 Å². The molecule has 0 radical (unpaired) electrons. The molecule has 2 aromatic rings. The van der Waals surface area contributed by atoms with Crippen LogP contribution in [0.15, 0.2) is 29.0 Å². The normalized spacial score (nSPS) is 10.4. The van der Waals surface area contributed by atoms with Crippen LogP contribution < -0.4 is 5.32 Å². The first-order chi connectivity index (χ1) is 8.06. The summed E-state index contributed by atoms with van der Waals surface area (Å²) in [6.45, 7) is 1.94. The molecule has 0 amide bonds. The number of aromatic nitrogens is 2. The predicted octanol–water partition coefficient (Wildman–Crippen LogP) is 4.60. The van der Waals surface area contributed by atoms with E-state index in [0.29, 0.717) is 16.0 Å². The SMILES string of the molecule is Cc1cc(Br)c(Nc2cc(Cl)ncn2)cc1Cl. The van der Waals surface area contributed by atoms with Gasteiger partial charge in [-0.25, -0.2) is 9.97 Å². The minimum absolute atomic E-state index is 0.386. The molecule has 0 bridgehead atoms. The zero-order valence-corrected chi connectivity index (χ0v) is 11.9. The van der Waals surface area contributed by atoms with Gasteiger partial charge in [0.1, 0.15) is 17.3 Å². The number of hydrogen-bond donors (Lipinski definition) is 1. The van der Waals surface area contributed by atoms with Crippen LogP contribution in [0.3, 0.4) is 0 Å². The summed E-state index contributed by atoms with van der Waals surface area (Å²) >= 11 is 15.3. The molecule has 0 spiro atoms. The fourth-order valence-corrected chi connectivity index (χ4v) is 2.15. The Morgan fingerprint density at radius 1 is 1.18 bits per heavy atom. The largest absolute Gasteiger partial charge is 0.339 e. The highest BCUT2D eigenvalue weighted by Gasteiger charge is 2.05. The number of nitrogens with zero attached hydrogens (tertiary/aromatic N) is 2. The molecule has 0 aliphatic carbocycles. The van der Waals surface area contributed by atoms with Crippen molar-refractivity contribution >= 4 is 50.6 Å². The number of nitrogens with one attached hydrogen (secondary N) is 1. The van der Waals surface area contributed by atoms with E-state index in [1.807, 2.05) is 19.1 Å². The maximum atomic E-state index is 6.06. The standard InChI is InChI=1S/C11H8BrCl2N3/c1-6-2-7(12)9(3-8(6)13)17-11-4-10(14)15-5-16-11/h2-5H,1H3,(H,15,16,17). The molecule has 3 nitrogen and oxygen atoms in total. The van der Waals surface area contributed by atoms with Crippen molar-refractivity contribution in [2.45, 2.75) is 6.92 Å². The Labute approximate surface area is 117 Å². The summed E-state index contributed by atoms with van der Waals surface area (Å²) in [5.41, 5.74) is 1.83.